The second kappa shape index (κ2) is 5.69. The molecule has 0 atom stereocenters. The Morgan fingerprint density at radius 2 is 2.17 bits per heavy atom. The van der Waals surface area contributed by atoms with Gasteiger partial charge in [0.2, 0.25) is 0 Å². The maximum Gasteiger partial charge on any atom is 0.270 e. The summed E-state index contributed by atoms with van der Waals surface area (Å²) in [6, 6.07) is 9.83. The first-order chi connectivity index (χ1) is 8.72. The van der Waals surface area contributed by atoms with Crippen LogP contribution in [0.1, 0.15) is 16.9 Å². The standard InChI is InChI=1S/C14H19N3O/c1-15-8-5-9-17(2)14(18)13-10-11-6-3-4-7-12(11)16-13/h3-4,6-7,10,15-16H,5,8-9H2,1-2H3. The number of rotatable bonds is 5. The second-order valence-corrected chi connectivity index (χ2v) is 4.45. The maximum absolute atomic E-state index is 12.2. The van der Waals surface area contributed by atoms with Gasteiger partial charge in [0, 0.05) is 24.5 Å². The van der Waals surface area contributed by atoms with Crippen molar-refractivity contribution in [2.75, 3.05) is 27.2 Å². The van der Waals surface area contributed by atoms with Crippen molar-refractivity contribution in [2.24, 2.45) is 0 Å². The van der Waals surface area contributed by atoms with Crippen molar-refractivity contribution in [3.63, 3.8) is 0 Å². The number of H-pyrrole nitrogens is 1. The smallest absolute Gasteiger partial charge is 0.270 e. The van der Waals surface area contributed by atoms with Gasteiger partial charge in [-0.15, -0.1) is 0 Å². The zero-order valence-electron chi connectivity index (χ0n) is 10.9. The first-order valence-electron chi connectivity index (χ1n) is 6.20. The molecule has 0 aliphatic rings. The van der Waals surface area contributed by atoms with Crippen LogP contribution in [0.3, 0.4) is 0 Å². The molecule has 1 amide bonds. The van der Waals surface area contributed by atoms with E-state index in [1.807, 2.05) is 44.4 Å². The molecule has 0 saturated carbocycles. The monoisotopic (exact) mass is 245 g/mol. The molecule has 4 nitrogen and oxygen atoms in total. The number of fused-ring (bicyclic) bond motifs is 1. The van der Waals surface area contributed by atoms with Crippen molar-refractivity contribution in [1.82, 2.24) is 15.2 Å². The molecule has 96 valence electrons. The van der Waals surface area contributed by atoms with Crippen molar-refractivity contribution >= 4 is 16.8 Å². The highest BCUT2D eigenvalue weighted by Crippen LogP contribution is 2.15. The number of carbonyl (C=O) groups excluding carboxylic acids is 1. The molecule has 1 aromatic heterocycles. The van der Waals surface area contributed by atoms with Crippen molar-refractivity contribution in [2.45, 2.75) is 6.42 Å². The summed E-state index contributed by atoms with van der Waals surface area (Å²) in [5.41, 5.74) is 1.66. The minimum atomic E-state index is 0.0438. The van der Waals surface area contributed by atoms with Gasteiger partial charge < -0.3 is 15.2 Å². The fourth-order valence-electron chi connectivity index (χ4n) is 1.99. The predicted octanol–water partition coefficient (Wildman–Crippen LogP) is 1.85. The Balaban J connectivity index is 2.08. The summed E-state index contributed by atoms with van der Waals surface area (Å²) in [5.74, 6) is 0.0438. The molecule has 0 bridgehead atoms. The predicted molar refractivity (Wildman–Crippen MR) is 73.8 cm³/mol. The lowest BCUT2D eigenvalue weighted by molar-refractivity contribution is 0.0789. The average Bonchev–Trinajstić information content (AvgIpc) is 2.81. The molecule has 4 heteroatoms. The largest absolute Gasteiger partial charge is 0.351 e. The van der Waals surface area contributed by atoms with E-state index in [1.54, 1.807) is 4.90 Å². The SMILES string of the molecule is CNCCCN(C)C(=O)c1cc2ccccc2[nH]1. The van der Waals surface area contributed by atoms with Crippen LogP contribution in [0.5, 0.6) is 0 Å². The van der Waals surface area contributed by atoms with Gasteiger partial charge in [0.15, 0.2) is 0 Å². The zero-order valence-corrected chi connectivity index (χ0v) is 10.9. The van der Waals surface area contributed by atoms with Crippen molar-refractivity contribution < 1.29 is 4.79 Å². The topological polar surface area (TPSA) is 48.1 Å². The third kappa shape index (κ3) is 2.71. The van der Waals surface area contributed by atoms with Crippen LogP contribution in [-0.2, 0) is 0 Å². The van der Waals surface area contributed by atoms with Gasteiger partial charge in [-0.3, -0.25) is 4.79 Å². The molecule has 0 unspecified atom stereocenters. The minimum Gasteiger partial charge on any atom is -0.351 e. The number of nitrogens with one attached hydrogen (secondary N) is 2. The molecule has 0 fully saturated rings. The highest BCUT2D eigenvalue weighted by molar-refractivity contribution is 5.97. The van der Waals surface area contributed by atoms with Crippen molar-refractivity contribution in [3.8, 4) is 0 Å². The Hall–Kier alpha value is -1.81. The van der Waals surface area contributed by atoms with Crippen molar-refractivity contribution in [1.29, 1.82) is 0 Å². The number of aromatic nitrogens is 1. The van der Waals surface area contributed by atoms with Crippen LogP contribution in [0.2, 0.25) is 0 Å². The molecule has 0 aliphatic heterocycles. The number of para-hydroxylation sites is 1. The average molecular weight is 245 g/mol. The summed E-state index contributed by atoms with van der Waals surface area (Å²) < 4.78 is 0. The van der Waals surface area contributed by atoms with E-state index in [0.717, 1.165) is 30.4 Å². The van der Waals surface area contributed by atoms with Gasteiger partial charge in [-0.2, -0.15) is 0 Å². The van der Waals surface area contributed by atoms with Crippen LogP contribution in [-0.4, -0.2) is 43.0 Å². The molecule has 2 rings (SSSR count). The molecule has 18 heavy (non-hydrogen) atoms. The number of aromatic amines is 1. The van der Waals surface area contributed by atoms with Gasteiger partial charge in [0.05, 0.1) is 0 Å². The molecule has 0 radical (unpaired) electrons. The minimum absolute atomic E-state index is 0.0438. The van der Waals surface area contributed by atoms with Gasteiger partial charge in [-0.05, 0) is 32.1 Å². The van der Waals surface area contributed by atoms with Gasteiger partial charge in [0.25, 0.3) is 5.91 Å². The Labute approximate surface area is 107 Å². The fraction of sp³-hybridized carbons (Fsp3) is 0.357. The van der Waals surface area contributed by atoms with Crippen LogP contribution in [0.4, 0.5) is 0 Å². The summed E-state index contributed by atoms with van der Waals surface area (Å²) in [5, 5.41) is 4.15. The summed E-state index contributed by atoms with van der Waals surface area (Å²) >= 11 is 0. The first kappa shape index (κ1) is 12.6. The molecular formula is C14H19N3O. The first-order valence-corrected chi connectivity index (χ1v) is 6.20. The number of benzene rings is 1. The number of hydrogen-bond acceptors (Lipinski definition) is 2. The molecule has 0 saturated heterocycles. The summed E-state index contributed by atoms with van der Waals surface area (Å²) in [4.78, 5) is 17.1. The highest BCUT2D eigenvalue weighted by atomic mass is 16.2. The number of carbonyl (C=O) groups is 1. The van der Waals surface area contributed by atoms with E-state index in [-0.39, 0.29) is 5.91 Å². The second-order valence-electron chi connectivity index (χ2n) is 4.45. The maximum atomic E-state index is 12.2. The van der Waals surface area contributed by atoms with Crippen LogP contribution >= 0.6 is 0 Å². The molecule has 1 heterocycles. The summed E-state index contributed by atoms with van der Waals surface area (Å²) in [7, 11) is 3.75. The highest BCUT2D eigenvalue weighted by Gasteiger charge is 2.13. The molecule has 0 aliphatic carbocycles. The Morgan fingerprint density at radius 1 is 1.39 bits per heavy atom. The van der Waals surface area contributed by atoms with Crippen LogP contribution in [0.25, 0.3) is 10.9 Å². The van der Waals surface area contributed by atoms with E-state index in [2.05, 4.69) is 10.3 Å². The third-order valence-electron chi connectivity index (χ3n) is 3.03. The van der Waals surface area contributed by atoms with Gasteiger partial charge in [-0.25, -0.2) is 0 Å². The summed E-state index contributed by atoms with van der Waals surface area (Å²) in [6.45, 7) is 1.68. The van der Waals surface area contributed by atoms with Gasteiger partial charge in [0.1, 0.15) is 5.69 Å². The van der Waals surface area contributed by atoms with Crippen molar-refractivity contribution in [3.05, 3.63) is 36.0 Å². The Bertz CT molecular complexity index is 500. The lowest BCUT2D eigenvalue weighted by Gasteiger charge is -2.15. The van der Waals surface area contributed by atoms with Crippen LogP contribution in [0.15, 0.2) is 30.3 Å². The fourth-order valence-corrected chi connectivity index (χ4v) is 1.99. The Morgan fingerprint density at radius 3 is 2.89 bits per heavy atom. The number of hydrogen-bond donors (Lipinski definition) is 2. The van der Waals surface area contributed by atoms with Gasteiger partial charge in [-0.1, -0.05) is 18.2 Å². The lowest BCUT2D eigenvalue weighted by atomic mass is 10.2. The third-order valence-corrected chi connectivity index (χ3v) is 3.03. The zero-order chi connectivity index (χ0) is 13.0. The molecule has 1 aromatic carbocycles. The number of nitrogens with zero attached hydrogens (tertiary/aromatic N) is 1. The van der Waals surface area contributed by atoms with Crippen LogP contribution < -0.4 is 5.32 Å². The quantitative estimate of drug-likeness (QED) is 0.790. The lowest BCUT2D eigenvalue weighted by Crippen LogP contribution is -2.29. The van der Waals surface area contributed by atoms with E-state index < -0.39 is 0 Å². The normalized spacial score (nSPS) is 10.8. The molecule has 0 spiro atoms. The van der Waals surface area contributed by atoms with E-state index in [1.165, 1.54) is 0 Å². The molecule has 2 N–H and O–H groups in total. The number of amides is 1. The van der Waals surface area contributed by atoms with E-state index in [4.69, 9.17) is 0 Å². The summed E-state index contributed by atoms with van der Waals surface area (Å²) in [6.07, 6.45) is 0.957. The van der Waals surface area contributed by atoms with Crippen LogP contribution in [0, 0.1) is 0 Å². The van der Waals surface area contributed by atoms with E-state index >= 15 is 0 Å². The van der Waals surface area contributed by atoms with Gasteiger partial charge >= 0.3 is 0 Å². The molecular weight excluding hydrogens is 226 g/mol. The van der Waals surface area contributed by atoms with E-state index in [9.17, 15) is 4.79 Å². The van der Waals surface area contributed by atoms with E-state index in [0.29, 0.717) is 5.69 Å². The molecule has 2 aromatic rings. The Kier molecular flexibility index (Phi) is 3.99.